The van der Waals surface area contributed by atoms with Crippen molar-refractivity contribution in [3.8, 4) is 0 Å². The lowest BCUT2D eigenvalue weighted by Gasteiger charge is -2.05. The lowest BCUT2D eigenvalue weighted by molar-refractivity contribution is -0.117. The van der Waals surface area contributed by atoms with E-state index in [2.05, 4.69) is 16.2 Å². The molecule has 0 saturated heterocycles. The smallest absolute Gasteiger partial charge is 0.269 e. The van der Waals surface area contributed by atoms with Crippen molar-refractivity contribution in [2.75, 3.05) is 7.05 Å². The molecule has 0 atom stereocenters. The summed E-state index contributed by atoms with van der Waals surface area (Å²) in [4.78, 5) is 34.9. The third kappa shape index (κ3) is 4.81. The van der Waals surface area contributed by atoms with E-state index in [1.54, 1.807) is 67.7 Å². The molecule has 0 aromatic heterocycles. The summed E-state index contributed by atoms with van der Waals surface area (Å²) in [6, 6.07) is 15.3. The van der Waals surface area contributed by atoms with Gasteiger partial charge in [-0.15, -0.1) is 0 Å². The average Bonchev–Trinajstić information content (AvgIpc) is 2.64. The number of carbonyl (C=O) groups is 3. The van der Waals surface area contributed by atoms with Gasteiger partial charge in [0.2, 0.25) is 0 Å². The molecule has 0 aliphatic heterocycles. The minimum absolute atomic E-state index is 0.174. The lowest BCUT2D eigenvalue weighted by atomic mass is 10.1. The first-order valence-corrected chi connectivity index (χ1v) is 7.26. The topological polar surface area (TPSA) is 87.3 Å². The van der Waals surface area contributed by atoms with Gasteiger partial charge in [0.1, 0.15) is 0 Å². The van der Waals surface area contributed by atoms with Crippen molar-refractivity contribution in [2.45, 2.75) is 0 Å². The molecular formula is C18H17N3O3. The predicted molar refractivity (Wildman–Crippen MR) is 90.9 cm³/mol. The van der Waals surface area contributed by atoms with E-state index in [0.717, 1.165) is 5.56 Å². The Balaban J connectivity index is 1.86. The Kier molecular flexibility index (Phi) is 5.85. The van der Waals surface area contributed by atoms with Gasteiger partial charge in [-0.2, -0.15) is 0 Å². The van der Waals surface area contributed by atoms with Crippen LogP contribution in [0.3, 0.4) is 0 Å². The van der Waals surface area contributed by atoms with Crippen molar-refractivity contribution in [2.24, 2.45) is 0 Å². The number of hydrogen-bond acceptors (Lipinski definition) is 3. The SMILES string of the molecule is CNC(=O)c1ccc(/C=C/C(=O)NNC(=O)c2ccccc2)cc1. The Bertz CT molecular complexity index is 753. The maximum Gasteiger partial charge on any atom is 0.269 e. The summed E-state index contributed by atoms with van der Waals surface area (Å²) in [6.07, 6.45) is 2.87. The van der Waals surface area contributed by atoms with Crippen LogP contribution in [0.2, 0.25) is 0 Å². The quantitative estimate of drug-likeness (QED) is 0.589. The van der Waals surface area contributed by atoms with Crippen LogP contribution in [0.15, 0.2) is 60.7 Å². The summed E-state index contributed by atoms with van der Waals surface area (Å²) in [5.74, 6) is -1.03. The summed E-state index contributed by atoms with van der Waals surface area (Å²) < 4.78 is 0. The van der Waals surface area contributed by atoms with Gasteiger partial charge in [0.15, 0.2) is 0 Å². The molecule has 3 amide bonds. The van der Waals surface area contributed by atoms with Gasteiger partial charge in [0.05, 0.1) is 0 Å². The Labute approximate surface area is 139 Å². The fraction of sp³-hybridized carbons (Fsp3) is 0.0556. The van der Waals surface area contributed by atoms with Crippen LogP contribution >= 0.6 is 0 Å². The molecule has 0 spiro atoms. The van der Waals surface area contributed by atoms with Gasteiger partial charge in [0.25, 0.3) is 17.7 Å². The van der Waals surface area contributed by atoms with Gasteiger partial charge in [-0.3, -0.25) is 25.2 Å². The molecule has 2 rings (SSSR count). The summed E-state index contributed by atoms with van der Waals surface area (Å²) >= 11 is 0. The van der Waals surface area contributed by atoms with Crippen molar-refractivity contribution in [1.82, 2.24) is 16.2 Å². The third-order valence-electron chi connectivity index (χ3n) is 3.16. The normalized spacial score (nSPS) is 10.2. The Hall–Kier alpha value is -3.41. The van der Waals surface area contributed by atoms with E-state index in [-0.39, 0.29) is 5.91 Å². The number of amides is 3. The zero-order valence-corrected chi connectivity index (χ0v) is 13.1. The molecule has 0 bridgehead atoms. The largest absolute Gasteiger partial charge is 0.355 e. The monoisotopic (exact) mass is 323 g/mol. The number of benzene rings is 2. The van der Waals surface area contributed by atoms with Gasteiger partial charge in [-0.25, -0.2) is 0 Å². The first-order chi connectivity index (χ1) is 11.6. The van der Waals surface area contributed by atoms with Crippen LogP contribution in [0.1, 0.15) is 26.3 Å². The van der Waals surface area contributed by atoms with E-state index < -0.39 is 11.8 Å². The van der Waals surface area contributed by atoms with Crippen LogP contribution in [-0.2, 0) is 4.79 Å². The third-order valence-corrected chi connectivity index (χ3v) is 3.16. The summed E-state index contributed by atoms with van der Waals surface area (Å²) in [5.41, 5.74) is 6.37. The molecule has 0 saturated carbocycles. The minimum atomic E-state index is -0.463. The molecule has 0 aliphatic rings. The summed E-state index contributed by atoms with van der Waals surface area (Å²) in [7, 11) is 1.56. The molecule has 122 valence electrons. The van der Waals surface area contributed by atoms with Crippen molar-refractivity contribution in [3.63, 3.8) is 0 Å². The molecule has 0 fully saturated rings. The second-order valence-electron chi connectivity index (χ2n) is 4.84. The predicted octanol–water partition coefficient (Wildman–Crippen LogP) is 1.52. The molecule has 6 nitrogen and oxygen atoms in total. The molecule has 24 heavy (non-hydrogen) atoms. The molecule has 2 aromatic carbocycles. The van der Waals surface area contributed by atoms with E-state index in [0.29, 0.717) is 11.1 Å². The van der Waals surface area contributed by atoms with E-state index in [4.69, 9.17) is 0 Å². The van der Waals surface area contributed by atoms with E-state index in [9.17, 15) is 14.4 Å². The Morgan fingerprint density at radius 3 is 2.04 bits per heavy atom. The standard InChI is InChI=1S/C18H17N3O3/c1-19-17(23)15-10-7-13(8-11-15)9-12-16(22)20-21-18(24)14-5-3-2-4-6-14/h2-12H,1H3,(H,19,23)(H,20,22)(H,21,24)/b12-9+. The lowest BCUT2D eigenvalue weighted by Crippen LogP contribution is -2.40. The maximum atomic E-state index is 11.8. The second-order valence-corrected chi connectivity index (χ2v) is 4.84. The highest BCUT2D eigenvalue weighted by atomic mass is 16.2. The van der Waals surface area contributed by atoms with Crippen molar-refractivity contribution < 1.29 is 14.4 Å². The molecule has 3 N–H and O–H groups in total. The maximum absolute atomic E-state index is 11.8. The highest BCUT2D eigenvalue weighted by Crippen LogP contribution is 2.06. The number of rotatable bonds is 4. The number of hydrogen-bond donors (Lipinski definition) is 3. The first-order valence-electron chi connectivity index (χ1n) is 7.26. The number of nitrogens with one attached hydrogen (secondary N) is 3. The Morgan fingerprint density at radius 1 is 0.792 bits per heavy atom. The van der Waals surface area contributed by atoms with Gasteiger partial charge < -0.3 is 5.32 Å². The molecule has 6 heteroatoms. The minimum Gasteiger partial charge on any atom is -0.355 e. The summed E-state index contributed by atoms with van der Waals surface area (Å²) in [5, 5.41) is 2.53. The number of hydrazine groups is 1. The molecule has 0 heterocycles. The molecular weight excluding hydrogens is 306 g/mol. The van der Waals surface area contributed by atoms with Crippen LogP contribution in [0, 0.1) is 0 Å². The first kappa shape index (κ1) is 17.0. The van der Waals surface area contributed by atoms with E-state index in [1.165, 1.54) is 6.08 Å². The second kappa shape index (κ2) is 8.28. The number of carbonyl (C=O) groups excluding carboxylic acids is 3. The van der Waals surface area contributed by atoms with Crippen LogP contribution < -0.4 is 16.2 Å². The zero-order chi connectivity index (χ0) is 17.4. The fourth-order valence-electron chi connectivity index (χ4n) is 1.88. The fourth-order valence-corrected chi connectivity index (χ4v) is 1.88. The highest BCUT2D eigenvalue weighted by molar-refractivity contribution is 5.98. The van der Waals surface area contributed by atoms with Gasteiger partial charge >= 0.3 is 0 Å². The van der Waals surface area contributed by atoms with Gasteiger partial charge in [0, 0.05) is 24.3 Å². The summed E-state index contributed by atoms with van der Waals surface area (Å²) in [6.45, 7) is 0. The van der Waals surface area contributed by atoms with Crippen LogP contribution in [0.25, 0.3) is 6.08 Å². The van der Waals surface area contributed by atoms with Gasteiger partial charge in [-0.05, 0) is 35.9 Å². The van der Waals surface area contributed by atoms with E-state index in [1.807, 2.05) is 0 Å². The Morgan fingerprint density at radius 2 is 1.42 bits per heavy atom. The van der Waals surface area contributed by atoms with Crippen molar-refractivity contribution in [3.05, 3.63) is 77.4 Å². The highest BCUT2D eigenvalue weighted by Gasteiger charge is 2.05. The molecule has 0 radical (unpaired) electrons. The van der Waals surface area contributed by atoms with Crippen LogP contribution in [-0.4, -0.2) is 24.8 Å². The molecule has 0 unspecified atom stereocenters. The van der Waals surface area contributed by atoms with Crippen LogP contribution in [0.5, 0.6) is 0 Å². The molecule has 0 aliphatic carbocycles. The average molecular weight is 323 g/mol. The zero-order valence-electron chi connectivity index (χ0n) is 13.1. The van der Waals surface area contributed by atoms with Gasteiger partial charge in [-0.1, -0.05) is 30.3 Å². The van der Waals surface area contributed by atoms with Crippen LogP contribution in [0.4, 0.5) is 0 Å². The molecule has 2 aromatic rings. The van der Waals surface area contributed by atoms with E-state index >= 15 is 0 Å². The van der Waals surface area contributed by atoms with Crippen molar-refractivity contribution >= 4 is 23.8 Å². The van der Waals surface area contributed by atoms with Crippen molar-refractivity contribution in [1.29, 1.82) is 0 Å².